The van der Waals surface area contributed by atoms with Crippen LogP contribution in [-0.4, -0.2) is 35.9 Å². The second-order valence-corrected chi connectivity index (χ2v) is 3.89. The van der Waals surface area contributed by atoms with E-state index in [1.165, 1.54) is 0 Å². The van der Waals surface area contributed by atoms with Gasteiger partial charge in [-0.15, -0.1) is 10.2 Å². The minimum atomic E-state index is 0.747. The normalized spacial score (nSPS) is 10.9. The topological polar surface area (TPSA) is 72.9 Å². The summed E-state index contributed by atoms with van der Waals surface area (Å²) in [7, 11) is 0. The molecule has 0 aliphatic rings. The average molecular weight is 243 g/mol. The van der Waals surface area contributed by atoms with Crippen LogP contribution in [0.2, 0.25) is 0 Å². The first-order valence-corrected chi connectivity index (χ1v) is 5.79. The molecule has 0 spiro atoms. The van der Waals surface area contributed by atoms with E-state index in [0.717, 1.165) is 31.0 Å². The highest BCUT2D eigenvalue weighted by atomic mass is 15.3. The van der Waals surface area contributed by atoms with Gasteiger partial charge in [0.05, 0.1) is 0 Å². The molecular weight excluding hydrogens is 230 g/mol. The Balaban J connectivity index is 1.58. The number of aromatic nitrogens is 6. The Kier molecular flexibility index (Phi) is 2.87. The van der Waals surface area contributed by atoms with Crippen LogP contribution < -0.4 is 5.32 Å². The maximum Gasteiger partial charge on any atom is 0.203 e. The lowest BCUT2D eigenvalue weighted by atomic mass is 10.4. The fraction of sp³-hybridized carbons (Fsp3) is 0.273. The summed E-state index contributed by atoms with van der Waals surface area (Å²) in [5.74, 6) is 0.760. The van der Waals surface area contributed by atoms with Gasteiger partial charge in [0.25, 0.3) is 0 Å². The van der Waals surface area contributed by atoms with Gasteiger partial charge in [-0.25, -0.2) is 4.98 Å². The summed E-state index contributed by atoms with van der Waals surface area (Å²) in [5.41, 5.74) is 0.747. The van der Waals surface area contributed by atoms with Crippen molar-refractivity contribution in [3.63, 3.8) is 0 Å². The minimum absolute atomic E-state index is 0.747. The molecule has 0 aromatic carbocycles. The number of nitrogens with one attached hydrogen (secondary N) is 1. The summed E-state index contributed by atoms with van der Waals surface area (Å²) in [6, 6.07) is 1.92. The van der Waals surface area contributed by atoms with E-state index in [1.807, 2.05) is 27.5 Å². The number of aryl methyl sites for hydroxylation is 1. The van der Waals surface area contributed by atoms with Gasteiger partial charge >= 0.3 is 0 Å². The predicted octanol–water partition coefficient (Wildman–Crippen LogP) is 0.823. The molecule has 3 rings (SSSR count). The maximum atomic E-state index is 4.26. The van der Waals surface area contributed by atoms with Crippen molar-refractivity contribution in [2.45, 2.75) is 13.0 Å². The van der Waals surface area contributed by atoms with Crippen molar-refractivity contribution in [2.24, 2.45) is 0 Å². The fourth-order valence-electron chi connectivity index (χ4n) is 1.76. The Hall–Kier alpha value is -2.44. The molecule has 7 heteroatoms. The quantitative estimate of drug-likeness (QED) is 0.672. The summed E-state index contributed by atoms with van der Waals surface area (Å²) in [6.45, 7) is 1.70. The van der Waals surface area contributed by atoms with Crippen molar-refractivity contribution in [1.82, 2.24) is 29.4 Å². The highest BCUT2D eigenvalue weighted by Gasteiger charge is 2.03. The highest BCUT2D eigenvalue weighted by molar-refractivity contribution is 5.61. The number of rotatable bonds is 5. The van der Waals surface area contributed by atoms with Gasteiger partial charge in [-0.2, -0.15) is 5.10 Å². The van der Waals surface area contributed by atoms with Gasteiger partial charge in [-0.1, -0.05) is 0 Å². The molecule has 0 atom stereocenters. The number of anilines is 1. The lowest BCUT2D eigenvalue weighted by Gasteiger charge is -2.06. The van der Waals surface area contributed by atoms with E-state index in [0.29, 0.717) is 0 Å². The van der Waals surface area contributed by atoms with E-state index in [-0.39, 0.29) is 0 Å². The van der Waals surface area contributed by atoms with Crippen LogP contribution in [0.1, 0.15) is 6.42 Å². The monoisotopic (exact) mass is 243 g/mol. The fourth-order valence-corrected chi connectivity index (χ4v) is 1.76. The molecule has 7 nitrogen and oxygen atoms in total. The van der Waals surface area contributed by atoms with E-state index in [9.17, 15) is 0 Å². The lowest BCUT2D eigenvalue weighted by molar-refractivity contribution is 0.591. The lowest BCUT2D eigenvalue weighted by Crippen LogP contribution is -2.09. The van der Waals surface area contributed by atoms with E-state index in [4.69, 9.17) is 0 Å². The standard InChI is InChI=1S/C11H13N7/c1(6-18-7-2-4-15-18)3-12-10-11-16-14-9-17(11)8-5-13-10/h2,4-5,7-9H,1,3,6H2,(H,12,13). The first-order valence-electron chi connectivity index (χ1n) is 5.79. The Morgan fingerprint density at radius 3 is 3.11 bits per heavy atom. The van der Waals surface area contributed by atoms with Gasteiger partial charge in [0.2, 0.25) is 5.65 Å². The number of fused-ring (bicyclic) bond motifs is 1. The summed E-state index contributed by atoms with van der Waals surface area (Å²) in [4.78, 5) is 4.26. The second kappa shape index (κ2) is 4.82. The average Bonchev–Trinajstić information content (AvgIpc) is 3.05. The zero-order chi connectivity index (χ0) is 12.2. The molecule has 0 fully saturated rings. The van der Waals surface area contributed by atoms with Crippen molar-refractivity contribution >= 4 is 11.5 Å². The molecule has 0 bridgehead atoms. The second-order valence-electron chi connectivity index (χ2n) is 3.89. The molecule has 1 N–H and O–H groups in total. The molecule has 3 heterocycles. The van der Waals surface area contributed by atoms with Crippen LogP contribution in [0.15, 0.2) is 37.2 Å². The summed E-state index contributed by atoms with van der Waals surface area (Å²) in [5, 5.41) is 15.3. The SMILES string of the molecule is c1cnn(CCCNc2nccn3cnnc23)c1. The van der Waals surface area contributed by atoms with Crippen molar-refractivity contribution in [3.05, 3.63) is 37.2 Å². The molecule has 0 amide bonds. The van der Waals surface area contributed by atoms with E-state index >= 15 is 0 Å². The van der Waals surface area contributed by atoms with Gasteiger partial charge in [0, 0.05) is 37.9 Å². The molecule has 0 aliphatic heterocycles. The van der Waals surface area contributed by atoms with Gasteiger partial charge < -0.3 is 5.32 Å². The van der Waals surface area contributed by atoms with Gasteiger partial charge in [-0.05, 0) is 12.5 Å². The summed E-state index contributed by atoms with van der Waals surface area (Å²) < 4.78 is 3.75. The summed E-state index contributed by atoms with van der Waals surface area (Å²) >= 11 is 0. The van der Waals surface area contributed by atoms with Crippen molar-refractivity contribution < 1.29 is 0 Å². The Labute approximate surface area is 103 Å². The molecule has 0 aliphatic carbocycles. The molecule has 18 heavy (non-hydrogen) atoms. The first kappa shape index (κ1) is 10.7. The van der Waals surface area contributed by atoms with Crippen LogP contribution in [0.5, 0.6) is 0 Å². The molecule has 0 saturated heterocycles. The molecular formula is C11H13N7. The smallest absolute Gasteiger partial charge is 0.203 e. The molecule has 0 saturated carbocycles. The Bertz CT molecular complexity index is 613. The van der Waals surface area contributed by atoms with Crippen LogP contribution in [0.3, 0.4) is 0 Å². The van der Waals surface area contributed by atoms with Crippen LogP contribution in [0.25, 0.3) is 5.65 Å². The first-order chi connectivity index (χ1) is 8.93. The largest absolute Gasteiger partial charge is 0.367 e. The van der Waals surface area contributed by atoms with Crippen molar-refractivity contribution in [3.8, 4) is 0 Å². The maximum absolute atomic E-state index is 4.26. The van der Waals surface area contributed by atoms with E-state index in [1.54, 1.807) is 18.7 Å². The molecule has 3 aromatic heterocycles. The van der Waals surface area contributed by atoms with Crippen LogP contribution >= 0.6 is 0 Å². The molecule has 0 radical (unpaired) electrons. The third kappa shape index (κ3) is 2.15. The molecule has 92 valence electrons. The number of nitrogens with zero attached hydrogens (tertiary/aromatic N) is 6. The van der Waals surface area contributed by atoms with E-state index in [2.05, 4.69) is 25.6 Å². The van der Waals surface area contributed by atoms with Crippen molar-refractivity contribution in [1.29, 1.82) is 0 Å². The molecule has 3 aromatic rings. The van der Waals surface area contributed by atoms with Gasteiger partial charge in [0.1, 0.15) is 6.33 Å². The van der Waals surface area contributed by atoms with Gasteiger partial charge in [0.15, 0.2) is 5.82 Å². The predicted molar refractivity (Wildman–Crippen MR) is 66.1 cm³/mol. The zero-order valence-corrected chi connectivity index (χ0v) is 9.77. The third-order valence-electron chi connectivity index (χ3n) is 2.63. The third-order valence-corrected chi connectivity index (χ3v) is 2.63. The number of hydrogen-bond acceptors (Lipinski definition) is 5. The van der Waals surface area contributed by atoms with E-state index < -0.39 is 0 Å². The highest BCUT2D eigenvalue weighted by Crippen LogP contribution is 2.09. The Morgan fingerprint density at radius 2 is 2.22 bits per heavy atom. The number of hydrogen-bond donors (Lipinski definition) is 1. The van der Waals surface area contributed by atoms with Crippen LogP contribution in [0, 0.1) is 0 Å². The van der Waals surface area contributed by atoms with Crippen LogP contribution in [-0.2, 0) is 6.54 Å². The van der Waals surface area contributed by atoms with Crippen molar-refractivity contribution in [2.75, 3.05) is 11.9 Å². The molecule has 0 unspecified atom stereocenters. The van der Waals surface area contributed by atoms with Crippen LogP contribution in [0.4, 0.5) is 5.82 Å². The Morgan fingerprint density at radius 1 is 1.22 bits per heavy atom. The minimum Gasteiger partial charge on any atom is -0.367 e. The zero-order valence-electron chi connectivity index (χ0n) is 9.77. The summed E-state index contributed by atoms with van der Waals surface area (Å²) in [6.07, 6.45) is 9.92. The van der Waals surface area contributed by atoms with Gasteiger partial charge in [-0.3, -0.25) is 9.08 Å².